The Morgan fingerprint density at radius 3 is 2.73 bits per heavy atom. The highest BCUT2D eigenvalue weighted by Crippen LogP contribution is 2.32. The molecule has 1 aliphatic heterocycles. The van der Waals surface area contributed by atoms with Crippen LogP contribution in [0.25, 0.3) is 0 Å². The summed E-state index contributed by atoms with van der Waals surface area (Å²) in [6.07, 6.45) is 0.921. The summed E-state index contributed by atoms with van der Waals surface area (Å²) in [5.41, 5.74) is 3.32. The number of fused-ring (bicyclic) bond motifs is 1. The summed E-state index contributed by atoms with van der Waals surface area (Å²) in [7, 11) is 0. The van der Waals surface area contributed by atoms with Gasteiger partial charge in [-0.05, 0) is 42.7 Å². The molecule has 3 rings (SSSR count). The zero-order valence-corrected chi connectivity index (χ0v) is 13.3. The molecule has 0 aliphatic carbocycles. The lowest BCUT2D eigenvalue weighted by molar-refractivity contribution is -0.116. The van der Waals surface area contributed by atoms with Gasteiger partial charge >= 0.3 is 0 Å². The lowest BCUT2D eigenvalue weighted by Crippen LogP contribution is -2.37. The van der Waals surface area contributed by atoms with E-state index in [9.17, 15) is 9.18 Å². The molecule has 1 aliphatic rings. The Morgan fingerprint density at radius 2 is 1.95 bits per heavy atom. The molecular formula is C18H18FNOS. The van der Waals surface area contributed by atoms with Crippen LogP contribution >= 0.6 is 11.8 Å². The maximum absolute atomic E-state index is 12.9. The lowest BCUT2D eigenvalue weighted by Gasteiger charge is -2.22. The van der Waals surface area contributed by atoms with E-state index in [0.717, 1.165) is 23.4 Å². The van der Waals surface area contributed by atoms with E-state index in [2.05, 4.69) is 13.0 Å². The average molecular weight is 315 g/mol. The van der Waals surface area contributed by atoms with Gasteiger partial charge in [-0.2, -0.15) is 0 Å². The number of carbonyl (C=O) groups excluding carboxylic acids is 1. The zero-order chi connectivity index (χ0) is 15.5. The van der Waals surface area contributed by atoms with Gasteiger partial charge in [0.1, 0.15) is 5.82 Å². The topological polar surface area (TPSA) is 20.3 Å². The highest BCUT2D eigenvalue weighted by Gasteiger charge is 2.29. The third-order valence-corrected chi connectivity index (χ3v) is 4.87. The van der Waals surface area contributed by atoms with Crippen molar-refractivity contribution in [3.8, 4) is 0 Å². The number of para-hydroxylation sites is 1. The molecule has 1 amide bonds. The number of rotatable bonds is 4. The molecule has 0 saturated heterocycles. The summed E-state index contributed by atoms with van der Waals surface area (Å²) in [6.45, 7) is 2.09. The minimum absolute atomic E-state index is 0.143. The van der Waals surface area contributed by atoms with Gasteiger partial charge in [-0.1, -0.05) is 30.3 Å². The second kappa shape index (κ2) is 6.53. The highest BCUT2D eigenvalue weighted by molar-refractivity contribution is 7.99. The molecule has 0 fully saturated rings. The second-order valence-electron chi connectivity index (χ2n) is 5.56. The summed E-state index contributed by atoms with van der Waals surface area (Å²) in [4.78, 5) is 14.4. The van der Waals surface area contributed by atoms with Crippen molar-refractivity contribution in [2.45, 2.75) is 25.1 Å². The largest absolute Gasteiger partial charge is 0.308 e. The van der Waals surface area contributed by atoms with E-state index in [4.69, 9.17) is 0 Å². The molecule has 0 aromatic heterocycles. The fraction of sp³-hybridized carbons (Fsp3) is 0.278. The van der Waals surface area contributed by atoms with Gasteiger partial charge < -0.3 is 4.90 Å². The molecule has 1 heterocycles. The van der Waals surface area contributed by atoms with Crippen molar-refractivity contribution < 1.29 is 9.18 Å². The quantitative estimate of drug-likeness (QED) is 0.849. The van der Waals surface area contributed by atoms with Crippen LogP contribution in [0.5, 0.6) is 0 Å². The SMILES string of the molecule is C[C@H]1Cc2ccccc2N1C(=O)CSCc1ccc(F)cc1. The number of hydrogen-bond acceptors (Lipinski definition) is 2. The Labute approximate surface area is 134 Å². The maximum atomic E-state index is 12.9. The summed E-state index contributed by atoms with van der Waals surface area (Å²) in [5, 5.41) is 0. The highest BCUT2D eigenvalue weighted by atomic mass is 32.2. The molecule has 0 spiro atoms. The Hall–Kier alpha value is -1.81. The number of amides is 1. The number of anilines is 1. The number of nitrogens with zero attached hydrogens (tertiary/aromatic N) is 1. The van der Waals surface area contributed by atoms with Gasteiger partial charge in [0.2, 0.25) is 5.91 Å². The van der Waals surface area contributed by atoms with Crippen molar-refractivity contribution in [1.29, 1.82) is 0 Å². The average Bonchev–Trinajstić information content (AvgIpc) is 2.85. The van der Waals surface area contributed by atoms with Crippen molar-refractivity contribution in [2.24, 2.45) is 0 Å². The standard InChI is InChI=1S/C18H18FNOS/c1-13-10-15-4-2-3-5-17(15)20(13)18(21)12-22-11-14-6-8-16(19)9-7-14/h2-9,13H,10-12H2,1H3/t13-/m0/s1. The molecule has 0 unspecified atom stereocenters. The third kappa shape index (κ3) is 3.17. The summed E-state index contributed by atoms with van der Waals surface area (Å²) >= 11 is 1.57. The van der Waals surface area contributed by atoms with E-state index in [1.807, 2.05) is 23.1 Å². The van der Waals surface area contributed by atoms with Crippen molar-refractivity contribution in [1.82, 2.24) is 0 Å². The molecule has 2 nitrogen and oxygen atoms in total. The maximum Gasteiger partial charge on any atom is 0.237 e. The van der Waals surface area contributed by atoms with E-state index in [1.165, 1.54) is 17.7 Å². The van der Waals surface area contributed by atoms with Crippen LogP contribution in [0.4, 0.5) is 10.1 Å². The van der Waals surface area contributed by atoms with E-state index >= 15 is 0 Å². The Morgan fingerprint density at radius 1 is 1.23 bits per heavy atom. The number of carbonyl (C=O) groups is 1. The Bertz CT molecular complexity index is 671. The molecule has 0 saturated carbocycles. The molecule has 2 aromatic rings. The Balaban J connectivity index is 1.59. The van der Waals surface area contributed by atoms with Gasteiger partial charge in [-0.25, -0.2) is 4.39 Å². The van der Waals surface area contributed by atoms with Gasteiger partial charge in [0.15, 0.2) is 0 Å². The minimum atomic E-state index is -0.229. The van der Waals surface area contributed by atoms with Crippen LogP contribution in [0.2, 0.25) is 0 Å². The first-order valence-corrected chi connectivity index (χ1v) is 8.53. The van der Waals surface area contributed by atoms with E-state index in [-0.39, 0.29) is 17.8 Å². The number of hydrogen-bond donors (Lipinski definition) is 0. The Kier molecular flexibility index (Phi) is 4.48. The number of thioether (sulfide) groups is 1. The van der Waals surface area contributed by atoms with Crippen LogP contribution in [0.3, 0.4) is 0 Å². The van der Waals surface area contributed by atoms with Crippen LogP contribution in [0.1, 0.15) is 18.1 Å². The van der Waals surface area contributed by atoms with Gasteiger partial charge in [-0.15, -0.1) is 11.8 Å². The summed E-state index contributed by atoms with van der Waals surface area (Å²) < 4.78 is 12.9. The molecule has 22 heavy (non-hydrogen) atoms. The van der Waals surface area contributed by atoms with Crippen LogP contribution in [-0.2, 0) is 17.0 Å². The first-order valence-electron chi connectivity index (χ1n) is 7.37. The summed E-state index contributed by atoms with van der Waals surface area (Å²) in [5.74, 6) is 1.07. The van der Waals surface area contributed by atoms with Crippen molar-refractivity contribution in [3.63, 3.8) is 0 Å². The predicted molar refractivity (Wildman–Crippen MR) is 89.7 cm³/mol. The monoisotopic (exact) mass is 315 g/mol. The van der Waals surface area contributed by atoms with Crippen molar-refractivity contribution in [3.05, 3.63) is 65.5 Å². The normalized spacial score (nSPS) is 16.6. The predicted octanol–water partition coefficient (Wildman–Crippen LogP) is 4.04. The van der Waals surface area contributed by atoms with Crippen molar-refractivity contribution in [2.75, 3.05) is 10.7 Å². The molecule has 0 bridgehead atoms. The second-order valence-corrected chi connectivity index (χ2v) is 6.55. The van der Waals surface area contributed by atoms with Crippen LogP contribution < -0.4 is 4.90 Å². The number of benzene rings is 2. The lowest BCUT2D eigenvalue weighted by atomic mass is 10.1. The zero-order valence-electron chi connectivity index (χ0n) is 12.5. The fourth-order valence-electron chi connectivity index (χ4n) is 2.85. The smallest absolute Gasteiger partial charge is 0.237 e. The van der Waals surface area contributed by atoms with Gasteiger partial charge in [0.25, 0.3) is 0 Å². The van der Waals surface area contributed by atoms with Crippen molar-refractivity contribution >= 4 is 23.4 Å². The molecule has 1 atom stereocenters. The fourth-order valence-corrected chi connectivity index (χ4v) is 3.70. The van der Waals surface area contributed by atoms with E-state index in [1.54, 1.807) is 23.9 Å². The van der Waals surface area contributed by atoms with E-state index < -0.39 is 0 Å². The molecule has 0 N–H and O–H groups in total. The minimum Gasteiger partial charge on any atom is -0.308 e. The molecule has 2 aromatic carbocycles. The molecule has 4 heteroatoms. The van der Waals surface area contributed by atoms with Crippen LogP contribution in [-0.4, -0.2) is 17.7 Å². The molecule has 0 radical (unpaired) electrons. The first kappa shape index (κ1) is 15.1. The first-order chi connectivity index (χ1) is 10.6. The summed E-state index contributed by atoms with van der Waals surface area (Å²) in [6, 6.07) is 14.8. The van der Waals surface area contributed by atoms with Gasteiger partial charge in [0, 0.05) is 17.5 Å². The molecule has 114 valence electrons. The van der Waals surface area contributed by atoms with Crippen LogP contribution in [0, 0.1) is 5.82 Å². The number of halogens is 1. The van der Waals surface area contributed by atoms with E-state index in [0.29, 0.717) is 5.75 Å². The van der Waals surface area contributed by atoms with Crippen LogP contribution in [0.15, 0.2) is 48.5 Å². The molecular weight excluding hydrogens is 297 g/mol. The van der Waals surface area contributed by atoms with Gasteiger partial charge in [-0.3, -0.25) is 4.79 Å². The van der Waals surface area contributed by atoms with Gasteiger partial charge in [0.05, 0.1) is 5.75 Å². The third-order valence-electron chi connectivity index (χ3n) is 3.88.